The van der Waals surface area contributed by atoms with Crippen LogP contribution >= 0.6 is 0 Å². The highest BCUT2D eigenvalue weighted by Gasteiger charge is 2.03. The number of carbonyl (C=O) groups excluding carboxylic acids is 1. The number of rotatable bonds is 7. The summed E-state index contributed by atoms with van der Waals surface area (Å²) in [5, 5.41) is 3.83. The van der Waals surface area contributed by atoms with Gasteiger partial charge in [-0.1, -0.05) is 24.1 Å². The molecule has 0 aromatic heterocycles. The minimum absolute atomic E-state index is 0.138. The Labute approximate surface area is 139 Å². The van der Waals surface area contributed by atoms with Gasteiger partial charge in [0, 0.05) is 11.6 Å². The van der Waals surface area contributed by atoms with Crippen molar-refractivity contribution in [2.24, 2.45) is 5.10 Å². The number of para-hydroxylation sites is 1. The van der Waals surface area contributed by atoms with E-state index in [4.69, 9.17) is 15.9 Å². The highest BCUT2D eigenvalue weighted by Crippen LogP contribution is 2.15. The average Bonchev–Trinajstić information content (AvgIpc) is 2.59. The molecule has 5 nitrogen and oxygen atoms in total. The van der Waals surface area contributed by atoms with Crippen LogP contribution in [0.3, 0.4) is 0 Å². The Morgan fingerprint density at radius 2 is 2.08 bits per heavy atom. The number of carbonyl (C=O) groups is 1. The number of hydrogen-bond donors (Lipinski definition) is 1. The zero-order valence-electron chi connectivity index (χ0n) is 12.7. The summed E-state index contributed by atoms with van der Waals surface area (Å²) in [6.45, 7) is -0.144. The van der Waals surface area contributed by atoms with Crippen molar-refractivity contribution in [1.82, 2.24) is 5.43 Å². The lowest BCUT2D eigenvalue weighted by Gasteiger charge is -2.06. The molecule has 0 aliphatic heterocycles. The van der Waals surface area contributed by atoms with Gasteiger partial charge in [-0.15, -0.1) is 6.42 Å². The molecule has 6 heteroatoms. The molecule has 0 aliphatic rings. The fourth-order valence-corrected chi connectivity index (χ4v) is 1.75. The third-order valence-corrected chi connectivity index (χ3v) is 2.79. The molecule has 0 aliphatic carbocycles. The van der Waals surface area contributed by atoms with Crippen molar-refractivity contribution in [1.29, 1.82) is 0 Å². The van der Waals surface area contributed by atoms with Crippen LogP contribution < -0.4 is 14.9 Å². The Balaban J connectivity index is 1.85. The Morgan fingerprint density at radius 3 is 2.88 bits per heavy atom. The van der Waals surface area contributed by atoms with E-state index in [0.717, 1.165) is 0 Å². The van der Waals surface area contributed by atoms with E-state index in [0.29, 0.717) is 11.3 Å². The molecule has 0 bridgehead atoms. The molecule has 0 saturated carbocycles. The lowest BCUT2D eigenvalue weighted by molar-refractivity contribution is -0.123. The Hall–Kier alpha value is -3.33. The number of ether oxygens (including phenoxy) is 2. The van der Waals surface area contributed by atoms with Crippen LogP contribution in [0, 0.1) is 18.2 Å². The first kappa shape index (κ1) is 17.0. The van der Waals surface area contributed by atoms with E-state index in [1.807, 2.05) is 0 Å². The van der Waals surface area contributed by atoms with Crippen molar-refractivity contribution in [3.05, 3.63) is 59.9 Å². The quantitative estimate of drug-likeness (QED) is 0.483. The summed E-state index contributed by atoms with van der Waals surface area (Å²) in [6.07, 6.45) is 6.59. The number of hydrogen-bond acceptors (Lipinski definition) is 4. The maximum atomic E-state index is 13.0. The van der Waals surface area contributed by atoms with Crippen molar-refractivity contribution in [3.63, 3.8) is 0 Å². The predicted octanol–water partition coefficient (Wildman–Crippen LogP) is 2.37. The molecule has 2 aromatic carbocycles. The highest BCUT2D eigenvalue weighted by molar-refractivity contribution is 5.85. The van der Waals surface area contributed by atoms with Crippen molar-refractivity contribution < 1.29 is 18.7 Å². The smallest absolute Gasteiger partial charge is 0.277 e. The number of nitrogens with one attached hydrogen (secondary N) is 1. The number of hydrazone groups is 1. The molecular weight excluding hydrogens is 311 g/mol. The summed E-state index contributed by atoms with van der Waals surface area (Å²) >= 11 is 0. The molecule has 0 radical (unpaired) electrons. The number of benzene rings is 2. The van der Waals surface area contributed by atoms with Crippen LogP contribution in [0.5, 0.6) is 11.5 Å². The van der Waals surface area contributed by atoms with E-state index in [1.165, 1.54) is 24.4 Å². The first-order valence-electron chi connectivity index (χ1n) is 7.04. The topological polar surface area (TPSA) is 59.9 Å². The van der Waals surface area contributed by atoms with Crippen molar-refractivity contribution in [3.8, 4) is 23.8 Å². The maximum Gasteiger partial charge on any atom is 0.277 e. The molecular formula is C18H15FN2O3. The fraction of sp³-hybridized carbons (Fsp3) is 0.111. The molecule has 2 rings (SSSR count). The van der Waals surface area contributed by atoms with Crippen LogP contribution in [0.1, 0.15) is 5.56 Å². The van der Waals surface area contributed by atoms with E-state index in [9.17, 15) is 9.18 Å². The zero-order chi connectivity index (χ0) is 17.2. The van der Waals surface area contributed by atoms with Gasteiger partial charge in [0.1, 0.15) is 23.9 Å². The molecule has 1 amide bonds. The molecule has 2 aromatic rings. The Bertz CT molecular complexity index is 769. The van der Waals surface area contributed by atoms with E-state index in [2.05, 4.69) is 16.4 Å². The van der Waals surface area contributed by atoms with Gasteiger partial charge < -0.3 is 9.47 Å². The Kier molecular flexibility index (Phi) is 6.35. The van der Waals surface area contributed by atoms with Gasteiger partial charge in [-0.2, -0.15) is 5.10 Å². The second-order valence-corrected chi connectivity index (χ2v) is 4.57. The second-order valence-electron chi connectivity index (χ2n) is 4.57. The average molecular weight is 326 g/mol. The van der Waals surface area contributed by atoms with Gasteiger partial charge in [0.15, 0.2) is 6.61 Å². The third kappa shape index (κ3) is 5.46. The van der Waals surface area contributed by atoms with Gasteiger partial charge >= 0.3 is 0 Å². The maximum absolute atomic E-state index is 13.0. The van der Waals surface area contributed by atoms with Gasteiger partial charge in [-0.25, -0.2) is 9.82 Å². The van der Waals surface area contributed by atoms with E-state index >= 15 is 0 Å². The molecule has 122 valence electrons. The SMILES string of the molecule is C#CCOc1ccccc1/C=N\NC(=O)COc1cccc(F)c1. The minimum Gasteiger partial charge on any atom is -0.484 e. The molecule has 0 saturated heterocycles. The van der Waals surface area contributed by atoms with E-state index < -0.39 is 11.7 Å². The standard InChI is InChI=1S/C18H15FN2O3/c1-2-10-23-17-9-4-3-6-14(17)12-20-21-18(22)13-24-16-8-5-7-15(19)11-16/h1,3-9,11-12H,10,13H2,(H,21,22)/b20-12-. The van der Waals surface area contributed by atoms with Crippen LogP contribution in [0.4, 0.5) is 4.39 Å². The van der Waals surface area contributed by atoms with Crippen molar-refractivity contribution in [2.45, 2.75) is 0 Å². The van der Waals surface area contributed by atoms with Gasteiger partial charge in [0.2, 0.25) is 0 Å². The summed E-state index contributed by atoms with van der Waals surface area (Å²) in [5.74, 6) is 2.29. The summed E-state index contributed by atoms with van der Waals surface area (Å²) < 4.78 is 23.5. The van der Waals surface area contributed by atoms with Crippen LogP contribution in [0.25, 0.3) is 0 Å². The van der Waals surface area contributed by atoms with Gasteiger partial charge in [0.25, 0.3) is 5.91 Å². The summed E-state index contributed by atoms with van der Waals surface area (Å²) in [4.78, 5) is 11.6. The molecule has 0 atom stereocenters. The lowest BCUT2D eigenvalue weighted by Crippen LogP contribution is -2.24. The second kappa shape index (κ2) is 8.96. The zero-order valence-corrected chi connectivity index (χ0v) is 12.7. The largest absolute Gasteiger partial charge is 0.484 e. The van der Waals surface area contributed by atoms with Crippen LogP contribution in [0.2, 0.25) is 0 Å². The Morgan fingerprint density at radius 1 is 1.25 bits per heavy atom. The van der Waals surface area contributed by atoms with Crippen molar-refractivity contribution in [2.75, 3.05) is 13.2 Å². The first-order chi connectivity index (χ1) is 11.7. The molecule has 0 unspecified atom stereocenters. The van der Waals surface area contributed by atoms with Crippen LogP contribution in [0.15, 0.2) is 53.6 Å². The van der Waals surface area contributed by atoms with Gasteiger partial charge in [-0.05, 0) is 24.3 Å². The molecule has 0 spiro atoms. The minimum atomic E-state index is -0.475. The first-order valence-corrected chi connectivity index (χ1v) is 7.04. The molecule has 24 heavy (non-hydrogen) atoms. The summed E-state index contributed by atoms with van der Waals surface area (Å²) in [6, 6.07) is 12.6. The van der Waals surface area contributed by atoms with E-state index in [1.54, 1.807) is 30.3 Å². The molecule has 1 N–H and O–H groups in total. The summed E-state index contributed by atoms with van der Waals surface area (Å²) in [5.41, 5.74) is 2.98. The predicted molar refractivity (Wildman–Crippen MR) is 88.4 cm³/mol. The summed E-state index contributed by atoms with van der Waals surface area (Å²) in [7, 11) is 0. The number of nitrogens with zero attached hydrogens (tertiary/aromatic N) is 1. The third-order valence-electron chi connectivity index (χ3n) is 2.79. The number of halogens is 1. The molecule has 0 heterocycles. The lowest BCUT2D eigenvalue weighted by atomic mass is 10.2. The highest BCUT2D eigenvalue weighted by atomic mass is 19.1. The molecule has 0 fully saturated rings. The van der Waals surface area contributed by atoms with Crippen LogP contribution in [-0.2, 0) is 4.79 Å². The monoisotopic (exact) mass is 326 g/mol. The fourth-order valence-electron chi connectivity index (χ4n) is 1.75. The number of amides is 1. The van der Waals surface area contributed by atoms with Crippen molar-refractivity contribution >= 4 is 12.1 Å². The normalized spacial score (nSPS) is 10.2. The van der Waals surface area contributed by atoms with Gasteiger partial charge in [0.05, 0.1) is 6.21 Å². The number of terminal acetylenes is 1. The van der Waals surface area contributed by atoms with E-state index in [-0.39, 0.29) is 19.0 Å². The van der Waals surface area contributed by atoms with Gasteiger partial charge in [-0.3, -0.25) is 4.79 Å². The van der Waals surface area contributed by atoms with Crippen LogP contribution in [-0.4, -0.2) is 25.3 Å².